The monoisotopic (exact) mass is 357 g/mol. The lowest BCUT2D eigenvalue weighted by Crippen LogP contribution is -2.55. The molecule has 2 saturated heterocycles. The summed E-state index contributed by atoms with van der Waals surface area (Å²) in [6.07, 6.45) is 4.78. The second-order valence-corrected chi connectivity index (χ2v) is 8.15. The number of piperidine rings is 2. The molecule has 0 radical (unpaired) electrons. The van der Waals surface area contributed by atoms with Gasteiger partial charge in [0, 0.05) is 45.6 Å². The molecule has 1 aromatic carbocycles. The second-order valence-electron chi connectivity index (χ2n) is 8.15. The van der Waals surface area contributed by atoms with E-state index in [9.17, 15) is 9.59 Å². The van der Waals surface area contributed by atoms with Crippen molar-refractivity contribution in [3.05, 3.63) is 35.9 Å². The van der Waals surface area contributed by atoms with Crippen LogP contribution in [0.2, 0.25) is 0 Å². The van der Waals surface area contributed by atoms with Gasteiger partial charge in [0.2, 0.25) is 11.8 Å². The molecule has 5 heteroatoms. The van der Waals surface area contributed by atoms with E-state index in [1.807, 2.05) is 20.2 Å². The molecule has 26 heavy (non-hydrogen) atoms. The van der Waals surface area contributed by atoms with Crippen LogP contribution in [0.15, 0.2) is 30.3 Å². The van der Waals surface area contributed by atoms with Gasteiger partial charge in [0.15, 0.2) is 0 Å². The zero-order chi connectivity index (χ0) is 18.6. The van der Waals surface area contributed by atoms with E-state index in [4.69, 9.17) is 0 Å². The first-order chi connectivity index (χ1) is 12.5. The lowest BCUT2D eigenvalue weighted by Gasteiger charge is -2.48. The summed E-state index contributed by atoms with van der Waals surface area (Å²) < 4.78 is 0. The van der Waals surface area contributed by atoms with Crippen molar-refractivity contribution in [3.63, 3.8) is 0 Å². The van der Waals surface area contributed by atoms with E-state index in [1.54, 1.807) is 4.90 Å². The average molecular weight is 357 g/mol. The van der Waals surface area contributed by atoms with Crippen molar-refractivity contribution in [3.8, 4) is 0 Å². The highest BCUT2D eigenvalue weighted by Crippen LogP contribution is 2.38. The number of carbonyl (C=O) groups excluding carboxylic acids is 2. The van der Waals surface area contributed by atoms with Crippen molar-refractivity contribution in [1.82, 2.24) is 14.7 Å². The van der Waals surface area contributed by atoms with Crippen molar-refractivity contribution in [2.75, 3.05) is 46.8 Å². The van der Waals surface area contributed by atoms with Crippen LogP contribution in [-0.2, 0) is 16.0 Å². The third-order valence-corrected chi connectivity index (χ3v) is 5.86. The fourth-order valence-electron chi connectivity index (χ4n) is 4.33. The Morgan fingerprint density at radius 3 is 2.65 bits per heavy atom. The van der Waals surface area contributed by atoms with Crippen LogP contribution < -0.4 is 0 Å². The van der Waals surface area contributed by atoms with Crippen molar-refractivity contribution < 1.29 is 9.59 Å². The average Bonchev–Trinajstić information content (AvgIpc) is 2.64. The van der Waals surface area contributed by atoms with E-state index in [0.29, 0.717) is 13.0 Å². The van der Waals surface area contributed by atoms with E-state index >= 15 is 0 Å². The van der Waals surface area contributed by atoms with Gasteiger partial charge in [0.05, 0.1) is 6.54 Å². The molecule has 3 rings (SSSR count). The molecule has 2 aliphatic heterocycles. The van der Waals surface area contributed by atoms with Crippen LogP contribution in [0.4, 0.5) is 0 Å². The maximum Gasteiger partial charge on any atom is 0.236 e. The maximum absolute atomic E-state index is 12.4. The summed E-state index contributed by atoms with van der Waals surface area (Å²) in [5.74, 6) is 0.447. The van der Waals surface area contributed by atoms with E-state index in [1.165, 1.54) is 5.56 Å². The molecule has 2 amide bonds. The summed E-state index contributed by atoms with van der Waals surface area (Å²) in [5, 5.41) is 0. The summed E-state index contributed by atoms with van der Waals surface area (Å²) in [5.41, 5.74) is 1.44. The minimum absolute atomic E-state index is 0.162. The first-order valence-electron chi connectivity index (χ1n) is 9.72. The maximum atomic E-state index is 12.4. The van der Waals surface area contributed by atoms with Gasteiger partial charge in [0.1, 0.15) is 0 Å². The lowest BCUT2D eigenvalue weighted by molar-refractivity contribution is -0.140. The number of carbonyl (C=O) groups is 2. The van der Waals surface area contributed by atoms with Crippen LogP contribution in [0.25, 0.3) is 0 Å². The third kappa shape index (κ3) is 4.64. The van der Waals surface area contributed by atoms with Gasteiger partial charge in [-0.2, -0.15) is 0 Å². The highest BCUT2D eigenvalue weighted by Gasteiger charge is 2.41. The molecule has 0 aromatic heterocycles. The molecule has 1 spiro atoms. The Balaban J connectivity index is 1.60. The van der Waals surface area contributed by atoms with E-state index < -0.39 is 0 Å². The van der Waals surface area contributed by atoms with Gasteiger partial charge < -0.3 is 9.80 Å². The summed E-state index contributed by atoms with van der Waals surface area (Å²) in [6.45, 7) is 4.04. The topological polar surface area (TPSA) is 43.9 Å². The Morgan fingerprint density at radius 2 is 1.92 bits per heavy atom. The number of rotatable bonds is 5. The molecule has 0 aliphatic carbocycles. The van der Waals surface area contributed by atoms with Crippen LogP contribution in [-0.4, -0.2) is 73.3 Å². The third-order valence-electron chi connectivity index (χ3n) is 5.86. The molecular formula is C21H31N3O2. The highest BCUT2D eigenvalue weighted by atomic mass is 16.2. The normalized spacial score (nSPS) is 24.1. The molecule has 0 unspecified atom stereocenters. The van der Waals surface area contributed by atoms with Crippen molar-refractivity contribution in [2.24, 2.45) is 5.41 Å². The Bertz CT molecular complexity index is 631. The Kier molecular flexibility index (Phi) is 5.97. The predicted octanol–water partition coefficient (Wildman–Crippen LogP) is 2.02. The minimum Gasteiger partial charge on any atom is -0.348 e. The van der Waals surface area contributed by atoms with E-state index in [2.05, 4.69) is 34.1 Å². The fourth-order valence-corrected chi connectivity index (χ4v) is 4.33. The SMILES string of the molecule is CN(C)C(=O)CN1CCC[C@]2(CCC(=O)N(CCc3ccccc3)C2)C1. The molecule has 2 fully saturated rings. The van der Waals surface area contributed by atoms with Gasteiger partial charge >= 0.3 is 0 Å². The van der Waals surface area contributed by atoms with Gasteiger partial charge in [-0.1, -0.05) is 30.3 Å². The van der Waals surface area contributed by atoms with Crippen LogP contribution in [0.1, 0.15) is 31.2 Å². The summed E-state index contributed by atoms with van der Waals surface area (Å²) in [4.78, 5) is 30.5. The molecule has 0 bridgehead atoms. The van der Waals surface area contributed by atoms with Gasteiger partial charge in [-0.15, -0.1) is 0 Å². The number of hydrogen-bond donors (Lipinski definition) is 0. The van der Waals surface area contributed by atoms with E-state index in [0.717, 1.165) is 51.9 Å². The Hall–Kier alpha value is -1.88. The standard InChI is InChI=1S/C21H31N3O2/c1-22(2)20(26)15-23-13-6-11-21(16-23)12-9-19(25)24(17-21)14-10-18-7-4-3-5-8-18/h3-5,7-8H,6,9-17H2,1-2H3/t21-/m0/s1. The molecule has 1 aromatic rings. The molecule has 142 valence electrons. The molecule has 1 atom stereocenters. The fraction of sp³-hybridized carbons (Fsp3) is 0.619. The minimum atomic E-state index is 0.162. The number of amides is 2. The molecule has 2 aliphatic rings. The second kappa shape index (κ2) is 8.21. The summed E-state index contributed by atoms with van der Waals surface area (Å²) in [7, 11) is 3.62. The van der Waals surface area contributed by atoms with Crippen LogP contribution in [0, 0.1) is 5.41 Å². The van der Waals surface area contributed by atoms with Gasteiger partial charge in [-0.25, -0.2) is 0 Å². The number of nitrogens with zero attached hydrogens (tertiary/aromatic N) is 3. The molecule has 0 saturated carbocycles. The molecule has 5 nitrogen and oxygen atoms in total. The quantitative estimate of drug-likeness (QED) is 0.810. The zero-order valence-corrected chi connectivity index (χ0v) is 16.1. The van der Waals surface area contributed by atoms with Crippen LogP contribution >= 0.6 is 0 Å². The number of likely N-dealkylation sites (N-methyl/N-ethyl adjacent to an activating group) is 1. The Labute approximate surface area is 156 Å². The summed E-state index contributed by atoms with van der Waals surface area (Å²) in [6, 6.07) is 10.4. The molecule has 2 heterocycles. The van der Waals surface area contributed by atoms with Gasteiger partial charge in [-0.3, -0.25) is 14.5 Å². The summed E-state index contributed by atoms with van der Waals surface area (Å²) >= 11 is 0. The van der Waals surface area contributed by atoms with Crippen molar-refractivity contribution >= 4 is 11.8 Å². The predicted molar refractivity (Wildman–Crippen MR) is 103 cm³/mol. The van der Waals surface area contributed by atoms with Gasteiger partial charge in [-0.05, 0) is 37.8 Å². The number of hydrogen-bond acceptors (Lipinski definition) is 3. The van der Waals surface area contributed by atoms with Crippen molar-refractivity contribution in [2.45, 2.75) is 32.1 Å². The zero-order valence-electron chi connectivity index (χ0n) is 16.1. The number of benzene rings is 1. The first-order valence-corrected chi connectivity index (χ1v) is 9.72. The largest absolute Gasteiger partial charge is 0.348 e. The lowest BCUT2D eigenvalue weighted by atomic mass is 9.73. The number of likely N-dealkylation sites (tertiary alicyclic amines) is 2. The molecular weight excluding hydrogens is 326 g/mol. The Morgan fingerprint density at radius 1 is 1.15 bits per heavy atom. The molecule has 0 N–H and O–H groups in total. The van der Waals surface area contributed by atoms with Crippen LogP contribution in [0.5, 0.6) is 0 Å². The van der Waals surface area contributed by atoms with Crippen LogP contribution in [0.3, 0.4) is 0 Å². The smallest absolute Gasteiger partial charge is 0.236 e. The first kappa shape index (κ1) is 18.9. The van der Waals surface area contributed by atoms with Gasteiger partial charge in [0.25, 0.3) is 0 Å². The highest BCUT2D eigenvalue weighted by molar-refractivity contribution is 5.78. The van der Waals surface area contributed by atoms with Crippen molar-refractivity contribution in [1.29, 1.82) is 0 Å². The van der Waals surface area contributed by atoms with E-state index in [-0.39, 0.29) is 17.2 Å².